The van der Waals surface area contributed by atoms with Crippen molar-refractivity contribution in [2.45, 2.75) is 30.5 Å². The van der Waals surface area contributed by atoms with Gasteiger partial charge in [0, 0.05) is 0 Å². The van der Waals surface area contributed by atoms with Crippen LogP contribution in [0.4, 0.5) is 0 Å². The van der Waals surface area contributed by atoms with Gasteiger partial charge in [-0.05, 0) is 37.1 Å². The summed E-state index contributed by atoms with van der Waals surface area (Å²) in [5, 5.41) is 22.2. The Morgan fingerprint density at radius 3 is 3.09 bits per heavy atom. The quantitative estimate of drug-likeness (QED) is 0.817. The van der Waals surface area contributed by atoms with Gasteiger partial charge in [0.1, 0.15) is 5.54 Å². The molecule has 1 saturated carbocycles. The smallest absolute Gasteiger partial charge is 0.277 e. The average molecular weight is 334 g/mol. The molecular weight excluding hydrogens is 320 g/mol. The minimum absolute atomic E-state index is 0.149. The van der Waals surface area contributed by atoms with Gasteiger partial charge < -0.3 is 9.73 Å². The molecule has 8 heteroatoms. The Labute approximate surface area is 135 Å². The van der Waals surface area contributed by atoms with E-state index >= 15 is 0 Å². The first-order chi connectivity index (χ1) is 10.6. The summed E-state index contributed by atoms with van der Waals surface area (Å²) in [7, 11) is 0. The van der Waals surface area contributed by atoms with E-state index in [4.69, 9.17) is 4.42 Å². The number of carbonyl (C=O) groups is 1. The molecule has 0 bridgehead atoms. The van der Waals surface area contributed by atoms with Crippen LogP contribution < -0.4 is 5.32 Å². The van der Waals surface area contributed by atoms with E-state index in [-0.39, 0.29) is 17.6 Å². The molecule has 2 aromatic heterocycles. The molecule has 1 aliphatic carbocycles. The highest BCUT2D eigenvalue weighted by atomic mass is 32.2. The fourth-order valence-electron chi connectivity index (χ4n) is 2.10. The Hall–Kier alpha value is -1.85. The van der Waals surface area contributed by atoms with Crippen molar-refractivity contribution in [2.24, 2.45) is 5.92 Å². The van der Waals surface area contributed by atoms with E-state index in [9.17, 15) is 10.1 Å². The van der Waals surface area contributed by atoms with Crippen LogP contribution in [0.15, 0.2) is 27.2 Å². The summed E-state index contributed by atoms with van der Waals surface area (Å²) in [6.07, 6.45) is 1.98. The molecule has 0 radical (unpaired) electrons. The first kappa shape index (κ1) is 15.1. The van der Waals surface area contributed by atoms with Gasteiger partial charge in [0.2, 0.25) is 5.91 Å². The highest BCUT2D eigenvalue weighted by Crippen LogP contribution is 2.39. The van der Waals surface area contributed by atoms with Crippen molar-refractivity contribution in [1.82, 2.24) is 15.5 Å². The van der Waals surface area contributed by atoms with E-state index in [1.807, 2.05) is 17.5 Å². The molecule has 0 aliphatic heterocycles. The number of hydrogen-bond acceptors (Lipinski definition) is 7. The third kappa shape index (κ3) is 3.31. The van der Waals surface area contributed by atoms with Crippen LogP contribution in [0.1, 0.15) is 19.8 Å². The number of nitrogens with zero attached hydrogens (tertiary/aromatic N) is 3. The second-order valence-corrected chi connectivity index (χ2v) is 7.15. The predicted molar refractivity (Wildman–Crippen MR) is 83.2 cm³/mol. The first-order valence-corrected chi connectivity index (χ1v) is 8.70. The maximum absolute atomic E-state index is 12.0. The van der Waals surface area contributed by atoms with E-state index in [0.717, 1.165) is 17.7 Å². The molecule has 114 valence electrons. The van der Waals surface area contributed by atoms with E-state index < -0.39 is 5.54 Å². The van der Waals surface area contributed by atoms with Crippen LogP contribution in [0.2, 0.25) is 0 Å². The van der Waals surface area contributed by atoms with E-state index in [1.165, 1.54) is 23.1 Å². The molecule has 1 aliphatic rings. The molecule has 1 amide bonds. The lowest BCUT2D eigenvalue weighted by atomic mass is 9.98. The molecule has 0 unspecified atom stereocenters. The van der Waals surface area contributed by atoms with Gasteiger partial charge in [0.25, 0.3) is 11.1 Å². The summed E-state index contributed by atoms with van der Waals surface area (Å²) in [5.74, 6) is 0.672. The zero-order chi connectivity index (χ0) is 15.6. The summed E-state index contributed by atoms with van der Waals surface area (Å²) in [4.78, 5) is 12.9. The highest BCUT2D eigenvalue weighted by molar-refractivity contribution is 7.99. The largest absolute Gasteiger partial charge is 0.410 e. The van der Waals surface area contributed by atoms with Crippen molar-refractivity contribution in [3.63, 3.8) is 0 Å². The third-order valence-electron chi connectivity index (χ3n) is 3.49. The molecule has 0 spiro atoms. The Balaban J connectivity index is 1.54. The van der Waals surface area contributed by atoms with E-state index in [1.54, 1.807) is 6.92 Å². The molecule has 0 saturated heterocycles. The van der Waals surface area contributed by atoms with E-state index in [0.29, 0.717) is 11.1 Å². The van der Waals surface area contributed by atoms with Crippen LogP contribution in [-0.4, -0.2) is 27.4 Å². The van der Waals surface area contributed by atoms with Gasteiger partial charge in [0.15, 0.2) is 0 Å². The number of rotatable bonds is 6. The minimum Gasteiger partial charge on any atom is -0.410 e. The second-order valence-electron chi connectivity index (χ2n) is 5.28. The van der Waals surface area contributed by atoms with Crippen molar-refractivity contribution >= 4 is 29.0 Å². The second kappa shape index (κ2) is 6.10. The van der Waals surface area contributed by atoms with Crippen LogP contribution in [0.3, 0.4) is 0 Å². The molecule has 0 aromatic carbocycles. The highest BCUT2D eigenvalue weighted by Gasteiger charge is 2.42. The van der Waals surface area contributed by atoms with Gasteiger partial charge in [-0.1, -0.05) is 17.8 Å². The van der Waals surface area contributed by atoms with Gasteiger partial charge >= 0.3 is 0 Å². The standard InChI is InChI=1S/C14H14N4O2S2/c1-14(8-15,9-4-5-9)16-11(19)7-22-13-18-17-12(20-13)10-3-2-6-21-10/h2-3,6,9H,4-5,7H2,1H3,(H,16,19)/t14-/m1/s1. The lowest BCUT2D eigenvalue weighted by Crippen LogP contribution is -2.47. The molecule has 2 aromatic rings. The molecule has 6 nitrogen and oxygen atoms in total. The normalized spacial score (nSPS) is 16.7. The summed E-state index contributed by atoms with van der Waals surface area (Å²) < 4.78 is 5.50. The number of thioether (sulfide) groups is 1. The van der Waals surface area contributed by atoms with Crippen LogP contribution in [0.5, 0.6) is 0 Å². The number of amides is 1. The van der Waals surface area contributed by atoms with Crippen LogP contribution >= 0.6 is 23.1 Å². The fourth-order valence-corrected chi connectivity index (χ4v) is 3.31. The fraction of sp³-hybridized carbons (Fsp3) is 0.429. The molecule has 3 rings (SSSR count). The maximum atomic E-state index is 12.0. The number of thiophene rings is 1. The van der Waals surface area contributed by atoms with Crippen LogP contribution in [-0.2, 0) is 4.79 Å². The van der Waals surface area contributed by atoms with Crippen molar-refractivity contribution in [2.75, 3.05) is 5.75 Å². The van der Waals surface area contributed by atoms with Crippen molar-refractivity contribution in [1.29, 1.82) is 5.26 Å². The van der Waals surface area contributed by atoms with Crippen molar-refractivity contribution in [3.8, 4) is 16.8 Å². The van der Waals surface area contributed by atoms with Crippen LogP contribution in [0.25, 0.3) is 10.8 Å². The van der Waals surface area contributed by atoms with Gasteiger partial charge in [-0.25, -0.2) is 0 Å². The number of nitriles is 1. The monoisotopic (exact) mass is 334 g/mol. The average Bonchev–Trinajstić information content (AvgIpc) is 3.04. The number of hydrogen-bond donors (Lipinski definition) is 1. The molecule has 2 heterocycles. The van der Waals surface area contributed by atoms with Crippen molar-refractivity contribution in [3.05, 3.63) is 17.5 Å². The summed E-state index contributed by atoms with van der Waals surface area (Å²) in [6, 6.07) is 6.00. The van der Waals surface area contributed by atoms with Gasteiger partial charge in [0.05, 0.1) is 16.7 Å². The molecule has 1 fully saturated rings. The number of carbonyl (C=O) groups excluding carboxylic acids is 1. The Kier molecular flexibility index (Phi) is 4.18. The zero-order valence-electron chi connectivity index (χ0n) is 11.9. The van der Waals surface area contributed by atoms with Gasteiger partial charge in [-0.3, -0.25) is 4.79 Å². The third-order valence-corrected chi connectivity index (χ3v) is 5.17. The predicted octanol–water partition coefficient (Wildman–Crippen LogP) is 2.70. The maximum Gasteiger partial charge on any atom is 0.277 e. The van der Waals surface area contributed by atoms with Crippen LogP contribution in [0, 0.1) is 17.2 Å². The summed E-state index contributed by atoms with van der Waals surface area (Å²) in [6.45, 7) is 1.77. The van der Waals surface area contributed by atoms with Gasteiger partial charge in [-0.2, -0.15) is 5.26 Å². The Bertz CT molecular complexity index is 703. The number of nitrogens with one attached hydrogen (secondary N) is 1. The minimum atomic E-state index is -0.769. The molecular formula is C14H14N4O2S2. The van der Waals surface area contributed by atoms with Crippen molar-refractivity contribution < 1.29 is 9.21 Å². The SMILES string of the molecule is C[C@](C#N)(NC(=O)CSc1nnc(-c2cccs2)o1)C1CC1. The molecule has 1 atom stereocenters. The van der Waals surface area contributed by atoms with Gasteiger partial charge in [-0.15, -0.1) is 21.5 Å². The first-order valence-electron chi connectivity index (χ1n) is 6.83. The topological polar surface area (TPSA) is 91.8 Å². The number of aromatic nitrogens is 2. The molecule has 22 heavy (non-hydrogen) atoms. The van der Waals surface area contributed by atoms with E-state index in [2.05, 4.69) is 21.6 Å². The Morgan fingerprint density at radius 2 is 2.45 bits per heavy atom. The Morgan fingerprint density at radius 1 is 1.64 bits per heavy atom. The lowest BCUT2D eigenvalue weighted by Gasteiger charge is -2.22. The summed E-state index contributed by atoms with van der Waals surface area (Å²) >= 11 is 2.69. The summed E-state index contributed by atoms with van der Waals surface area (Å²) in [5.41, 5.74) is -0.769. The zero-order valence-corrected chi connectivity index (χ0v) is 13.5. The lowest BCUT2D eigenvalue weighted by molar-refractivity contribution is -0.119. The molecule has 1 N–H and O–H groups in total.